The van der Waals surface area contributed by atoms with E-state index in [4.69, 9.17) is 4.74 Å². The first-order chi connectivity index (χ1) is 16.1. The number of rotatable bonds is 11. The van der Waals surface area contributed by atoms with Crippen molar-refractivity contribution in [2.24, 2.45) is 7.05 Å². The minimum atomic E-state index is -3.56. The smallest absolute Gasteiger partial charge is 0.243 e. The van der Waals surface area contributed by atoms with Gasteiger partial charge in [-0.3, -0.25) is 4.79 Å². The van der Waals surface area contributed by atoms with Crippen LogP contribution in [0.4, 0.5) is 5.69 Å². The zero-order valence-corrected chi connectivity index (χ0v) is 21.4. The lowest BCUT2D eigenvalue weighted by atomic mass is 10.2. The molecule has 0 spiro atoms. The molecule has 1 heterocycles. The average molecular weight is 487 g/mol. The van der Waals surface area contributed by atoms with Crippen molar-refractivity contribution in [3.05, 3.63) is 53.9 Å². The molecule has 0 unspecified atom stereocenters. The molecule has 0 saturated heterocycles. The highest BCUT2D eigenvalue weighted by Gasteiger charge is 2.22. The first-order valence-corrected chi connectivity index (χ1v) is 13.1. The fourth-order valence-electron chi connectivity index (χ4n) is 3.78. The lowest BCUT2D eigenvalue weighted by molar-refractivity contribution is -0.116. The van der Waals surface area contributed by atoms with E-state index in [-0.39, 0.29) is 23.3 Å². The van der Waals surface area contributed by atoms with Gasteiger partial charge in [-0.15, -0.1) is 0 Å². The molecule has 1 amide bonds. The molecule has 9 heteroatoms. The van der Waals surface area contributed by atoms with Crippen molar-refractivity contribution in [2.45, 2.75) is 58.1 Å². The van der Waals surface area contributed by atoms with E-state index in [0.29, 0.717) is 31.6 Å². The molecule has 0 bridgehead atoms. The molecule has 0 fully saturated rings. The number of hydrogen-bond acceptors (Lipinski definition) is 5. The fraction of sp³-hybridized carbons (Fsp3) is 0.440. The standard InChI is InChI=1S/C25H34N4O4S/c1-6-29(7-2)34(31,32)21-11-12-23-22(16-21)27-24(28(23)5)13-14-25(30)26-20-10-8-9-19(15-20)17-33-18(3)4/h8-12,15-16,18H,6-7,13-14,17H2,1-5H3,(H,26,30). The number of aryl methyl sites for hydroxylation is 2. The molecule has 0 atom stereocenters. The topological polar surface area (TPSA) is 93.5 Å². The molecular weight excluding hydrogens is 452 g/mol. The Hall–Kier alpha value is -2.75. The number of amides is 1. The molecule has 3 aromatic rings. The Bertz CT molecular complexity index is 1250. The molecule has 0 aliphatic rings. The van der Waals surface area contributed by atoms with Crippen LogP contribution in [0.5, 0.6) is 0 Å². The molecule has 0 radical (unpaired) electrons. The van der Waals surface area contributed by atoms with Crippen LogP contribution in [-0.4, -0.2) is 47.4 Å². The summed E-state index contributed by atoms with van der Waals surface area (Å²) in [6, 6.07) is 12.6. The molecule has 3 rings (SSSR count). The quantitative estimate of drug-likeness (QED) is 0.440. The van der Waals surface area contributed by atoms with Crippen LogP contribution in [0.3, 0.4) is 0 Å². The van der Waals surface area contributed by atoms with Crippen molar-refractivity contribution in [1.29, 1.82) is 0 Å². The van der Waals surface area contributed by atoms with Gasteiger partial charge in [-0.2, -0.15) is 4.31 Å². The van der Waals surface area contributed by atoms with Crippen LogP contribution < -0.4 is 5.32 Å². The summed E-state index contributed by atoms with van der Waals surface area (Å²) < 4.78 is 34.6. The predicted octanol–water partition coefficient (Wildman–Crippen LogP) is 4.10. The van der Waals surface area contributed by atoms with E-state index in [9.17, 15) is 13.2 Å². The number of carbonyl (C=O) groups is 1. The minimum Gasteiger partial charge on any atom is -0.374 e. The number of hydrogen-bond donors (Lipinski definition) is 1. The molecule has 1 N–H and O–H groups in total. The number of nitrogens with zero attached hydrogens (tertiary/aromatic N) is 3. The molecular formula is C25H34N4O4S. The predicted molar refractivity (Wildman–Crippen MR) is 134 cm³/mol. The van der Waals surface area contributed by atoms with Crippen molar-refractivity contribution < 1.29 is 17.9 Å². The van der Waals surface area contributed by atoms with Crippen molar-refractivity contribution in [3.8, 4) is 0 Å². The average Bonchev–Trinajstić information content (AvgIpc) is 3.12. The summed E-state index contributed by atoms with van der Waals surface area (Å²) in [5.41, 5.74) is 3.15. The lowest BCUT2D eigenvalue weighted by Gasteiger charge is -2.18. The third-order valence-electron chi connectivity index (χ3n) is 5.66. The number of fused-ring (bicyclic) bond motifs is 1. The van der Waals surface area contributed by atoms with Gasteiger partial charge in [-0.25, -0.2) is 13.4 Å². The number of aromatic nitrogens is 2. The molecule has 34 heavy (non-hydrogen) atoms. The number of benzene rings is 2. The lowest BCUT2D eigenvalue weighted by Crippen LogP contribution is -2.30. The number of imidazole rings is 1. The van der Waals surface area contributed by atoms with E-state index in [1.54, 1.807) is 18.2 Å². The maximum atomic E-state index is 12.8. The largest absolute Gasteiger partial charge is 0.374 e. The number of sulfonamides is 1. The van der Waals surface area contributed by atoms with Crippen molar-refractivity contribution in [1.82, 2.24) is 13.9 Å². The molecule has 0 saturated carbocycles. The van der Waals surface area contributed by atoms with Gasteiger partial charge in [0.25, 0.3) is 0 Å². The van der Waals surface area contributed by atoms with E-state index in [2.05, 4.69) is 10.3 Å². The molecule has 0 aliphatic heterocycles. The molecule has 8 nitrogen and oxygen atoms in total. The van der Waals surface area contributed by atoms with Gasteiger partial charge in [0, 0.05) is 38.7 Å². The van der Waals surface area contributed by atoms with E-state index < -0.39 is 10.0 Å². The summed E-state index contributed by atoms with van der Waals surface area (Å²) in [6.45, 7) is 8.92. The van der Waals surface area contributed by atoms with Gasteiger partial charge in [0.2, 0.25) is 15.9 Å². The normalized spacial score (nSPS) is 12.1. The summed E-state index contributed by atoms with van der Waals surface area (Å²) in [4.78, 5) is 17.4. The van der Waals surface area contributed by atoms with Crippen molar-refractivity contribution >= 4 is 32.7 Å². The number of ether oxygens (including phenoxy) is 1. The summed E-state index contributed by atoms with van der Waals surface area (Å²) in [5, 5.41) is 2.93. The summed E-state index contributed by atoms with van der Waals surface area (Å²) in [7, 11) is -1.68. The summed E-state index contributed by atoms with van der Waals surface area (Å²) >= 11 is 0. The molecule has 1 aromatic heterocycles. The van der Waals surface area contributed by atoms with Gasteiger partial charge in [0.05, 0.1) is 28.6 Å². The van der Waals surface area contributed by atoms with E-state index in [0.717, 1.165) is 22.6 Å². The molecule has 0 aliphatic carbocycles. The maximum Gasteiger partial charge on any atom is 0.243 e. The van der Waals surface area contributed by atoms with Gasteiger partial charge >= 0.3 is 0 Å². The van der Waals surface area contributed by atoms with Crippen molar-refractivity contribution in [2.75, 3.05) is 18.4 Å². The van der Waals surface area contributed by atoms with Gasteiger partial charge in [0.1, 0.15) is 5.82 Å². The summed E-state index contributed by atoms with van der Waals surface area (Å²) in [5.74, 6) is 0.611. The van der Waals surface area contributed by atoms with Crippen LogP contribution in [0.2, 0.25) is 0 Å². The Morgan fingerprint density at radius 1 is 1.15 bits per heavy atom. The van der Waals surface area contributed by atoms with Crippen LogP contribution in [-0.2, 0) is 39.6 Å². The Labute approximate surface area is 202 Å². The molecule has 2 aromatic carbocycles. The Kier molecular flexibility index (Phi) is 8.46. The Balaban J connectivity index is 1.69. The second-order valence-corrected chi connectivity index (χ2v) is 10.4. The zero-order valence-electron chi connectivity index (χ0n) is 20.5. The van der Waals surface area contributed by atoms with Crippen LogP contribution in [0, 0.1) is 0 Å². The summed E-state index contributed by atoms with van der Waals surface area (Å²) in [6.07, 6.45) is 0.833. The number of carbonyl (C=O) groups excluding carboxylic acids is 1. The van der Waals surface area contributed by atoms with Crippen LogP contribution in [0.1, 0.15) is 45.5 Å². The first kappa shape index (κ1) is 25.9. The van der Waals surface area contributed by atoms with Gasteiger partial charge < -0.3 is 14.6 Å². The van der Waals surface area contributed by atoms with Crippen LogP contribution in [0.25, 0.3) is 11.0 Å². The van der Waals surface area contributed by atoms with Crippen LogP contribution in [0.15, 0.2) is 47.4 Å². The van der Waals surface area contributed by atoms with Crippen LogP contribution >= 0.6 is 0 Å². The minimum absolute atomic E-state index is 0.112. The molecule has 184 valence electrons. The maximum absolute atomic E-state index is 12.8. The second-order valence-electron chi connectivity index (χ2n) is 8.44. The van der Waals surface area contributed by atoms with Crippen molar-refractivity contribution in [3.63, 3.8) is 0 Å². The SMILES string of the molecule is CCN(CC)S(=O)(=O)c1ccc2c(c1)nc(CCC(=O)Nc1cccc(COC(C)C)c1)n2C. The second kappa shape index (κ2) is 11.1. The van der Waals surface area contributed by atoms with E-state index in [1.165, 1.54) is 4.31 Å². The highest BCUT2D eigenvalue weighted by Crippen LogP contribution is 2.23. The van der Waals surface area contributed by atoms with Gasteiger partial charge in [0.15, 0.2) is 0 Å². The highest BCUT2D eigenvalue weighted by molar-refractivity contribution is 7.89. The van der Waals surface area contributed by atoms with Gasteiger partial charge in [-0.05, 0) is 49.7 Å². The van der Waals surface area contributed by atoms with E-state index >= 15 is 0 Å². The first-order valence-electron chi connectivity index (χ1n) is 11.6. The zero-order chi connectivity index (χ0) is 24.9. The third kappa shape index (κ3) is 6.02. The highest BCUT2D eigenvalue weighted by atomic mass is 32.2. The Morgan fingerprint density at radius 2 is 1.88 bits per heavy atom. The van der Waals surface area contributed by atoms with E-state index in [1.807, 2.05) is 63.6 Å². The monoisotopic (exact) mass is 486 g/mol. The number of anilines is 1. The fourth-order valence-corrected chi connectivity index (χ4v) is 5.26. The number of nitrogens with one attached hydrogen (secondary N) is 1. The Morgan fingerprint density at radius 3 is 2.56 bits per heavy atom. The van der Waals surface area contributed by atoms with Gasteiger partial charge in [-0.1, -0.05) is 26.0 Å². The third-order valence-corrected chi connectivity index (χ3v) is 7.70.